The second-order valence-electron chi connectivity index (χ2n) is 3.34. The van der Waals surface area contributed by atoms with Crippen LogP contribution < -0.4 is 4.80 Å². The molecule has 0 spiro atoms. The third-order valence-electron chi connectivity index (χ3n) is 1.98. The number of aromatic nitrogens is 2. The number of hydrogen-bond donors (Lipinski definition) is 0. The first-order chi connectivity index (χ1) is 7.65. The summed E-state index contributed by atoms with van der Waals surface area (Å²) < 4.78 is 1.83. The number of rotatable bonds is 2. The monoisotopic (exact) mass is 253 g/mol. The topological polar surface area (TPSA) is 47.2 Å². The molecule has 0 N–H and O–H groups in total. The van der Waals surface area contributed by atoms with Crippen LogP contribution in [0, 0.1) is 6.92 Å². The van der Waals surface area contributed by atoms with Gasteiger partial charge in [0.05, 0.1) is 17.1 Å². The quantitative estimate of drug-likeness (QED) is 0.814. The van der Waals surface area contributed by atoms with Gasteiger partial charge in [0.15, 0.2) is 4.80 Å². The molecule has 0 unspecified atom stereocenters. The number of amides is 1. The first kappa shape index (κ1) is 11.2. The maximum absolute atomic E-state index is 11.6. The van der Waals surface area contributed by atoms with E-state index in [1.54, 1.807) is 11.3 Å². The van der Waals surface area contributed by atoms with Crippen LogP contribution in [0.15, 0.2) is 21.9 Å². The minimum atomic E-state index is -0.150. The average molecular weight is 253 g/mol. The number of carbonyl (C=O) groups is 1. The minimum absolute atomic E-state index is 0.150. The molecule has 0 fully saturated rings. The van der Waals surface area contributed by atoms with Crippen molar-refractivity contribution in [1.29, 1.82) is 0 Å². The van der Waals surface area contributed by atoms with Gasteiger partial charge in [-0.05, 0) is 6.92 Å². The summed E-state index contributed by atoms with van der Waals surface area (Å²) in [5, 5.41) is 4.78. The lowest BCUT2D eigenvalue weighted by Crippen LogP contribution is -2.13. The minimum Gasteiger partial charge on any atom is -0.327 e. The molecule has 0 aliphatic heterocycles. The molecule has 0 radical (unpaired) electrons. The van der Waals surface area contributed by atoms with E-state index in [9.17, 15) is 4.79 Å². The highest BCUT2D eigenvalue weighted by Crippen LogP contribution is 2.08. The van der Waals surface area contributed by atoms with E-state index >= 15 is 0 Å². The van der Waals surface area contributed by atoms with E-state index in [2.05, 4.69) is 9.98 Å². The molecule has 0 aliphatic carbocycles. The van der Waals surface area contributed by atoms with E-state index in [1.807, 2.05) is 35.5 Å². The molecule has 2 heterocycles. The molecule has 0 saturated carbocycles. The molecule has 0 aliphatic rings. The van der Waals surface area contributed by atoms with Crippen LogP contribution in [0.1, 0.15) is 10.7 Å². The van der Waals surface area contributed by atoms with Gasteiger partial charge < -0.3 is 4.57 Å². The standard InChI is InChI=1S/C10H11N3OS2/c1-7-11-8(6-16-7)5-9(14)12-10-13(2)3-4-15-10/h3-4,6H,5H2,1-2H3. The van der Waals surface area contributed by atoms with Gasteiger partial charge in [-0.15, -0.1) is 22.7 Å². The van der Waals surface area contributed by atoms with Gasteiger partial charge in [-0.1, -0.05) is 0 Å². The van der Waals surface area contributed by atoms with E-state index < -0.39 is 0 Å². The van der Waals surface area contributed by atoms with Gasteiger partial charge in [0.2, 0.25) is 0 Å². The summed E-state index contributed by atoms with van der Waals surface area (Å²) in [5.41, 5.74) is 0.801. The summed E-state index contributed by atoms with van der Waals surface area (Å²) in [6.45, 7) is 1.93. The summed E-state index contributed by atoms with van der Waals surface area (Å²) in [6.07, 6.45) is 2.16. The predicted octanol–water partition coefficient (Wildman–Crippen LogP) is 1.52. The maximum atomic E-state index is 11.6. The van der Waals surface area contributed by atoms with Gasteiger partial charge in [0, 0.05) is 24.0 Å². The SMILES string of the molecule is Cc1nc(CC(=O)N=c2sccn2C)cs1. The fraction of sp³-hybridized carbons (Fsp3) is 0.300. The number of thiazole rings is 2. The van der Waals surface area contributed by atoms with Crippen molar-refractivity contribution < 1.29 is 4.79 Å². The Morgan fingerprint density at radius 1 is 1.56 bits per heavy atom. The highest BCUT2D eigenvalue weighted by atomic mass is 32.1. The highest BCUT2D eigenvalue weighted by molar-refractivity contribution is 7.09. The molecule has 0 aromatic carbocycles. The molecule has 0 bridgehead atoms. The van der Waals surface area contributed by atoms with Crippen LogP contribution in [0.4, 0.5) is 0 Å². The third-order valence-corrected chi connectivity index (χ3v) is 3.65. The zero-order chi connectivity index (χ0) is 11.5. The molecule has 1 amide bonds. The number of carbonyl (C=O) groups excluding carboxylic acids is 1. The van der Waals surface area contributed by atoms with Crippen LogP contribution in [-0.4, -0.2) is 15.5 Å². The van der Waals surface area contributed by atoms with Crippen LogP contribution >= 0.6 is 22.7 Å². The van der Waals surface area contributed by atoms with Crippen LogP contribution in [0.3, 0.4) is 0 Å². The van der Waals surface area contributed by atoms with Crippen molar-refractivity contribution in [1.82, 2.24) is 9.55 Å². The Labute approximate surface area is 101 Å². The summed E-state index contributed by atoms with van der Waals surface area (Å²) in [7, 11) is 1.87. The lowest BCUT2D eigenvalue weighted by atomic mass is 10.3. The summed E-state index contributed by atoms with van der Waals surface area (Å²) >= 11 is 3.00. The van der Waals surface area contributed by atoms with Gasteiger partial charge in [0.25, 0.3) is 5.91 Å². The maximum Gasteiger partial charge on any atom is 0.254 e. The van der Waals surface area contributed by atoms with Crippen LogP contribution in [0.2, 0.25) is 0 Å². The largest absolute Gasteiger partial charge is 0.327 e. The van der Waals surface area contributed by atoms with Crippen LogP contribution in [0.25, 0.3) is 0 Å². The van der Waals surface area contributed by atoms with Crippen molar-refractivity contribution in [2.75, 3.05) is 0 Å². The molecule has 4 nitrogen and oxygen atoms in total. The smallest absolute Gasteiger partial charge is 0.254 e. The third kappa shape index (κ3) is 2.65. The van der Waals surface area contributed by atoms with Crippen molar-refractivity contribution in [2.45, 2.75) is 13.3 Å². The Morgan fingerprint density at radius 2 is 2.38 bits per heavy atom. The molecule has 6 heteroatoms. The van der Waals surface area contributed by atoms with E-state index in [4.69, 9.17) is 0 Å². The molecule has 2 aromatic heterocycles. The van der Waals surface area contributed by atoms with Crippen molar-refractivity contribution in [3.05, 3.63) is 32.5 Å². The molecular weight excluding hydrogens is 242 g/mol. The second kappa shape index (κ2) is 4.71. The van der Waals surface area contributed by atoms with E-state index in [-0.39, 0.29) is 12.3 Å². The number of hydrogen-bond acceptors (Lipinski definition) is 4. The van der Waals surface area contributed by atoms with Crippen molar-refractivity contribution in [3.63, 3.8) is 0 Å². The molecule has 0 saturated heterocycles. The lowest BCUT2D eigenvalue weighted by Gasteiger charge is -1.91. The predicted molar refractivity (Wildman–Crippen MR) is 64.4 cm³/mol. The second-order valence-corrected chi connectivity index (χ2v) is 5.27. The molecular formula is C10H11N3OS2. The summed E-state index contributed by atoms with van der Waals surface area (Å²) in [4.78, 5) is 20.6. The van der Waals surface area contributed by atoms with E-state index in [1.165, 1.54) is 11.3 Å². The fourth-order valence-corrected chi connectivity index (χ4v) is 2.58. The van der Waals surface area contributed by atoms with Gasteiger partial charge in [-0.3, -0.25) is 4.79 Å². The molecule has 2 aromatic rings. The zero-order valence-corrected chi connectivity index (χ0v) is 10.6. The number of aryl methyl sites for hydroxylation is 2. The first-order valence-electron chi connectivity index (χ1n) is 4.74. The summed E-state index contributed by atoms with van der Waals surface area (Å²) in [5.74, 6) is -0.150. The Morgan fingerprint density at radius 3 is 2.94 bits per heavy atom. The molecule has 84 valence electrons. The average Bonchev–Trinajstić information content (AvgIpc) is 2.77. The van der Waals surface area contributed by atoms with E-state index in [0.717, 1.165) is 15.5 Å². The van der Waals surface area contributed by atoms with Crippen LogP contribution in [0.5, 0.6) is 0 Å². The lowest BCUT2D eigenvalue weighted by molar-refractivity contribution is -0.117. The van der Waals surface area contributed by atoms with Crippen LogP contribution in [-0.2, 0) is 18.3 Å². The summed E-state index contributed by atoms with van der Waals surface area (Å²) in [6, 6.07) is 0. The fourth-order valence-electron chi connectivity index (χ4n) is 1.23. The molecule has 0 atom stereocenters. The Kier molecular flexibility index (Phi) is 3.31. The van der Waals surface area contributed by atoms with Gasteiger partial charge in [-0.25, -0.2) is 4.98 Å². The van der Waals surface area contributed by atoms with Crippen molar-refractivity contribution in [3.8, 4) is 0 Å². The normalized spacial score (nSPS) is 12.0. The first-order valence-corrected chi connectivity index (χ1v) is 6.50. The van der Waals surface area contributed by atoms with Crippen molar-refractivity contribution in [2.24, 2.45) is 12.0 Å². The Balaban J connectivity index is 2.13. The Bertz CT molecular complexity index is 564. The van der Waals surface area contributed by atoms with Gasteiger partial charge in [0.1, 0.15) is 0 Å². The highest BCUT2D eigenvalue weighted by Gasteiger charge is 2.05. The number of nitrogens with zero attached hydrogens (tertiary/aromatic N) is 3. The molecule has 16 heavy (non-hydrogen) atoms. The molecule has 2 rings (SSSR count). The van der Waals surface area contributed by atoms with Gasteiger partial charge >= 0.3 is 0 Å². The van der Waals surface area contributed by atoms with E-state index in [0.29, 0.717) is 0 Å². The zero-order valence-electron chi connectivity index (χ0n) is 9.01. The van der Waals surface area contributed by atoms with Crippen molar-refractivity contribution >= 4 is 28.6 Å². The Hall–Kier alpha value is -1.27. The van der Waals surface area contributed by atoms with Gasteiger partial charge in [-0.2, -0.15) is 4.99 Å².